The van der Waals surface area contributed by atoms with Crippen molar-refractivity contribution in [2.75, 3.05) is 14.2 Å². The van der Waals surface area contributed by atoms with Crippen molar-refractivity contribution in [1.29, 1.82) is 0 Å². The lowest BCUT2D eigenvalue weighted by Gasteiger charge is -2.23. The number of carbonyl (C=O) groups is 3. The molecule has 19 heavy (non-hydrogen) atoms. The number of rotatable bonds is 6. The first-order chi connectivity index (χ1) is 9.15. The fourth-order valence-corrected chi connectivity index (χ4v) is 1.74. The van der Waals surface area contributed by atoms with E-state index in [2.05, 4.69) is 14.8 Å². The van der Waals surface area contributed by atoms with Gasteiger partial charge in [0.05, 0.1) is 20.3 Å². The summed E-state index contributed by atoms with van der Waals surface area (Å²) in [6.07, 6.45) is 0.427. The molecule has 0 aliphatic heterocycles. The van der Waals surface area contributed by atoms with Crippen LogP contribution in [-0.4, -0.2) is 32.6 Å². The molecule has 0 saturated carbocycles. The summed E-state index contributed by atoms with van der Waals surface area (Å²) in [6.45, 7) is 0. The van der Waals surface area contributed by atoms with Gasteiger partial charge in [-0.1, -0.05) is 30.3 Å². The van der Waals surface area contributed by atoms with Crippen LogP contribution in [0, 0.1) is 5.92 Å². The number of hydrogen-bond acceptors (Lipinski definition) is 5. The van der Waals surface area contributed by atoms with Crippen LogP contribution >= 0.6 is 0 Å². The number of benzene rings is 1. The zero-order valence-electron chi connectivity index (χ0n) is 10.7. The Morgan fingerprint density at radius 2 is 1.63 bits per heavy atom. The first kappa shape index (κ1) is 14.7. The molecule has 6 heteroatoms. The number of amides is 1. The first-order valence-electron chi connectivity index (χ1n) is 5.56. The van der Waals surface area contributed by atoms with Crippen molar-refractivity contribution in [3.05, 3.63) is 35.9 Å². The van der Waals surface area contributed by atoms with Gasteiger partial charge in [-0.15, -0.1) is 0 Å². The summed E-state index contributed by atoms with van der Waals surface area (Å²) in [7, 11) is 2.34. The zero-order chi connectivity index (χ0) is 14.3. The normalized spacial score (nSPS) is 11.5. The summed E-state index contributed by atoms with van der Waals surface area (Å²) in [5, 5.41) is 2.45. The van der Waals surface area contributed by atoms with E-state index in [0.717, 1.165) is 0 Å². The molecule has 0 unspecified atom stereocenters. The lowest BCUT2D eigenvalue weighted by molar-refractivity contribution is -0.160. The quantitative estimate of drug-likeness (QED) is 0.458. The summed E-state index contributed by atoms with van der Waals surface area (Å²) in [5.74, 6) is -2.78. The van der Waals surface area contributed by atoms with E-state index in [9.17, 15) is 14.4 Å². The van der Waals surface area contributed by atoms with Crippen molar-refractivity contribution in [2.45, 2.75) is 6.04 Å². The van der Waals surface area contributed by atoms with Crippen LogP contribution in [0.15, 0.2) is 30.3 Å². The molecule has 0 saturated heterocycles. The Kier molecular flexibility index (Phi) is 5.53. The monoisotopic (exact) mass is 265 g/mol. The molecule has 0 radical (unpaired) electrons. The van der Waals surface area contributed by atoms with Crippen molar-refractivity contribution < 1.29 is 23.9 Å². The van der Waals surface area contributed by atoms with Crippen molar-refractivity contribution in [1.82, 2.24) is 5.32 Å². The Morgan fingerprint density at radius 1 is 1.11 bits per heavy atom. The number of nitrogens with one attached hydrogen (secondary N) is 1. The van der Waals surface area contributed by atoms with E-state index in [1.807, 2.05) is 0 Å². The highest BCUT2D eigenvalue weighted by Gasteiger charge is 2.37. The van der Waals surface area contributed by atoms with E-state index in [1.165, 1.54) is 14.2 Å². The van der Waals surface area contributed by atoms with E-state index < -0.39 is 23.9 Å². The molecule has 0 aliphatic carbocycles. The highest BCUT2D eigenvalue weighted by Crippen LogP contribution is 2.24. The summed E-state index contributed by atoms with van der Waals surface area (Å²) in [6, 6.07) is 7.81. The average molecular weight is 265 g/mol. The van der Waals surface area contributed by atoms with Gasteiger partial charge in [0.15, 0.2) is 5.92 Å². The van der Waals surface area contributed by atoms with Gasteiger partial charge < -0.3 is 14.8 Å². The molecule has 1 atom stereocenters. The molecule has 0 aromatic heterocycles. The van der Waals surface area contributed by atoms with Crippen LogP contribution in [0.4, 0.5) is 0 Å². The van der Waals surface area contributed by atoms with Crippen LogP contribution in [0.3, 0.4) is 0 Å². The number of hydrogen-bond donors (Lipinski definition) is 1. The fraction of sp³-hybridized carbons (Fsp3) is 0.308. The maximum atomic E-state index is 11.7. The van der Waals surface area contributed by atoms with Gasteiger partial charge in [0, 0.05) is 0 Å². The minimum Gasteiger partial charge on any atom is -0.468 e. The molecule has 6 nitrogen and oxygen atoms in total. The standard InChI is InChI=1S/C13H15NO5/c1-18-12(16)10(13(17)19-2)11(14-8-15)9-6-4-3-5-7-9/h3-8,10-11H,1-2H3,(H,14,15)/t11-/m0/s1. The van der Waals surface area contributed by atoms with Gasteiger partial charge in [-0.05, 0) is 5.56 Å². The summed E-state index contributed by atoms with van der Waals surface area (Å²) < 4.78 is 9.18. The topological polar surface area (TPSA) is 81.7 Å². The molecular weight excluding hydrogens is 250 g/mol. The van der Waals surface area contributed by atoms with Crippen molar-refractivity contribution in [3.63, 3.8) is 0 Å². The first-order valence-corrected chi connectivity index (χ1v) is 5.56. The predicted octanol–water partition coefficient (Wildman–Crippen LogP) is 0.436. The van der Waals surface area contributed by atoms with Gasteiger partial charge in [-0.3, -0.25) is 14.4 Å². The second-order valence-corrected chi connectivity index (χ2v) is 3.70. The highest BCUT2D eigenvalue weighted by molar-refractivity contribution is 5.96. The lowest BCUT2D eigenvalue weighted by atomic mass is 9.93. The van der Waals surface area contributed by atoms with Crippen molar-refractivity contribution in [2.24, 2.45) is 5.92 Å². The third-order valence-corrected chi connectivity index (χ3v) is 2.65. The van der Waals surface area contributed by atoms with Crippen LogP contribution in [0.1, 0.15) is 11.6 Å². The minimum atomic E-state index is -1.25. The number of methoxy groups -OCH3 is 2. The number of esters is 2. The van der Waals surface area contributed by atoms with Gasteiger partial charge in [0.1, 0.15) is 0 Å². The molecule has 0 bridgehead atoms. The average Bonchev–Trinajstić information content (AvgIpc) is 2.46. The Morgan fingerprint density at radius 3 is 2.05 bits per heavy atom. The zero-order valence-corrected chi connectivity index (χ0v) is 10.7. The Labute approximate surface area is 110 Å². The van der Waals surface area contributed by atoms with Gasteiger partial charge >= 0.3 is 11.9 Å². The second kappa shape index (κ2) is 7.15. The van der Waals surface area contributed by atoms with Crippen LogP contribution in [0.2, 0.25) is 0 Å². The highest BCUT2D eigenvalue weighted by atomic mass is 16.5. The molecule has 1 amide bonds. The van der Waals surface area contributed by atoms with E-state index >= 15 is 0 Å². The lowest BCUT2D eigenvalue weighted by Crippen LogP contribution is -2.38. The third kappa shape index (κ3) is 3.54. The molecule has 1 N–H and O–H groups in total. The second-order valence-electron chi connectivity index (χ2n) is 3.70. The van der Waals surface area contributed by atoms with Crippen molar-refractivity contribution >= 4 is 18.3 Å². The summed E-state index contributed by atoms with van der Waals surface area (Å²) >= 11 is 0. The maximum absolute atomic E-state index is 11.7. The minimum absolute atomic E-state index is 0.427. The number of ether oxygens (including phenoxy) is 2. The molecule has 0 heterocycles. The number of carbonyl (C=O) groups excluding carboxylic acids is 3. The molecular formula is C13H15NO5. The molecule has 1 rings (SSSR count). The summed E-state index contributed by atoms with van der Waals surface area (Å²) in [5.41, 5.74) is 0.607. The molecule has 0 spiro atoms. The summed E-state index contributed by atoms with van der Waals surface area (Å²) in [4.78, 5) is 34.1. The van der Waals surface area contributed by atoms with Gasteiger partial charge in [0.25, 0.3) is 0 Å². The SMILES string of the molecule is COC(=O)C(C(=O)OC)[C@@H](NC=O)c1ccccc1. The Balaban J connectivity index is 3.15. The maximum Gasteiger partial charge on any atom is 0.322 e. The molecule has 1 aromatic rings. The van der Waals surface area contributed by atoms with E-state index in [4.69, 9.17) is 0 Å². The van der Waals surface area contributed by atoms with Crippen LogP contribution < -0.4 is 5.32 Å². The Hall–Kier alpha value is -2.37. The smallest absolute Gasteiger partial charge is 0.322 e. The van der Waals surface area contributed by atoms with Gasteiger partial charge in [-0.2, -0.15) is 0 Å². The van der Waals surface area contributed by atoms with E-state index in [-0.39, 0.29) is 0 Å². The van der Waals surface area contributed by atoms with E-state index in [0.29, 0.717) is 12.0 Å². The predicted molar refractivity (Wildman–Crippen MR) is 65.9 cm³/mol. The molecule has 102 valence electrons. The van der Waals surface area contributed by atoms with Crippen LogP contribution in [-0.2, 0) is 23.9 Å². The largest absolute Gasteiger partial charge is 0.468 e. The third-order valence-electron chi connectivity index (χ3n) is 2.65. The van der Waals surface area contributed by atoms with Gasteiger partial charge in [0.2, 0.25) is 6.41 Å². The Bertz CT molecular complexity index is 430. The van der Waals surface area contributed by atoms with Gasteiger partial charge in [-0.25, -0.2) is 0 Å². The fourth-order valence-electron chi connectivity index (χ4n) is 1.74. The van der Waals surface area contributed by atoms with Crippen LogP contribution in [0.25, 0.3) is 0 Å². The van der Waals surface area contributed by atoms with E-state index in [1.54, 1.807) is 30.3 Å². The molecule has 1 aromatic carbocycles. The van der Waals surface area contributed by atoms with Crippen molar-refractivity contribution in [3.8, 4) is 0 Å². The van der Waals surface area contributed by atoms with Crippen LogP contribution in [0.5, 0.6) is 0 Å². The molecule has 0 aliphatic rings. The molecule has 0 fully saturated rings.